The maximum Gasteiger partial charge on any atom is 0.153 e. The summed E-state index contributed by atoms with van der Waals surface area (Å²) in [6.07, 6.45) is 7.13. The summed E-state index contributed by atoms with van der Waals surface area (Å²) in [5, 5.41) is 8.30. The lowest BCUT2D eigenvalue weighted by molar-refractivity contribution is 0.454. The van der Waals surface area contributed by atoms with Gasteiger partial charge in [0.05, 0.1) is 23.6 Å². The third-order valence-corrected chi connectivity index (χ3v) is 5.48. The van der Waals surface area contributed by atoms with E-state index in [1.807, 2.05) is 41.3 Å². The first-order chi connectivity index (χ1) is 12.9. The predicted octanol–water partition coefficient (Wildman–Crippen LogP) is 3.44. The van der Waals surface area contributed by atoms with Crippen LogP contribution in [0, 0.1) is 0 Å². The van der Waals surface area contributed by atoms with Crippen LogP contribution in [0.5, 0.6) is 0 Å². The van der Waals surface area contributed by atoms with Gasteiger partial charge in [-0.3, -0.25) is 0 Å². The van der Waals surface area contributed by atoms with E-state index in [-0.39, 0.29) is 0 Å². The Morgan fingerprint density at radius 2 is 2.12 bits per heavy atom. The Morgan fingerprint density at radius 3 is 3.04 bits per heavy atom. The molecular formula is C19H18N6S. The average molecular weight is 362 g/mol. The van der Waals surface area contributed by atoms with Crippen molar-refractivity contribution in [2.45, 2.75) is 31.8 Å². The third-order valence-electron chi connectivity index (χ3n) is 4.92. The van der Waals surface area contributed by atoms with E-state index in [4.69, 9.17) is 0 Å². The highest BCUT2D eigenvalue weighted by molar-refractivity contribution is 7.00. The van der Waals surface area contributed by atoms with Crippen molar-refractivity contribution >= 4 is 22.8 Å². The van der Waals surface area contributed by atoms with E-state index in [9.17, 15) is 0 Å². The molecule has 0 saturated heterocycles. The quantitative estimate of drug-likeness (QED) is 0.602. The zero-order valence-corrected chi connectivity index (χ0v) is 15.0. The minimum Gasteiger partial charge on any atom is -0.306 e. The molecule has 0 spiro atoms. The fraction of sp³-hybridized carbons (Fsp3) is 0.263. The first-order valence-corrected chi connectivity index (χ1v) is 9.54. The van der Waals surface area contributed by atoms with E-state index < -0.39 is 0 Å². The number of hydrogen-bond acceptors (Lipinski definition) is 6. The van der Waals surface area contributed by atoms with Gasteiger partial charge in [0.2, 0.25) is 0 Å². The van der Waals surface area contributed by atoms with Crippen LogP contribution < -0.4 is 5.32 Å². The lowest BCUT2D eigenvalue weighted by Crippen LogP contribution is -2.25. The summed E-state index contributed by atoms with van der Waals surface area (Å²) in [5.41, 5.74) is 5.73. The fourth-order valence-corrected chi connectivity index (χ4v) is 4.14. The van der Waals surface area contributed by atoms with Crippen LogP contribution >= 0.6 is 11.7 Å². The molecule has 0 aliphatic heterocycles. The van der Waals surface area contributed by atoms with E-state index in [0.717, 1.165) is 42.7 Å². The molecule has 0 bridgehead atoms. The van der Waals surface area contributed by atoms with Crippen LogP contribution in [0.2, 0.25) is 0 Å². The standard InChI is InChI=1S/C19H18N6S/c1-2-9-20-19(6-1)25-18-5-3-4-15(14(18)12-22-25)21-11-13-7-8-16-17(10-13)24-26-23-16/h1-2,6-10,12,15,21H,3-5,11H2. The highest BCUT2D eigenvalue weighted by Crippen LogP contribution is 2.31. The molecule has 130 valence electrons. The Kier molecular flexibility index (Phi) is 3.95. The number of nitrogens with one attached hydrogen (secondary N) is 1. The zero-order valence-electron chi connectivity index (χ0n) is 14.2. The van der Waals surface area contributed by atoms with Gasteiger partial charge in [0.1, 0.15) is 11.0 Å². The number of hydrogen-bond donors (Lipinski definition) is 1. The number of benzene rings is 1. The molecule has 1 atom stereocenters. The van der Waals surface area contributed by atoms with Crippen molar-refractivity contribution in [2.75, 3.05) is 0 Å². The number of aromatic nitrogens is 5. The summed E-state index contributed by atoms with van der Waals surface area (Å²) in [6, 6.07) is 12.5. The van der Waals surface area contributed by atoms with Crippen molar-refractivity contribution in [3.05, 3.63) is 65.6 Å². The minimum absolute atomic E-state index is 0.320. The van der Waals surface area contributed by atoms with Crippen molar-refractivity contribution < 1.29 is 0 Å². The molecule has 1 aromatic carbocycles. The van der Waals surface area contributed by atoms with Crippen molar-refractivity contribution in [3.63, 3.8) is 0 Å². The second-order valence-electron chi connectivity index (χ2n) is 6.56. The molecule has 0 amide bonds. The molecule has 0 fully saturated rings. The Morgan fingerprint density at radius 1 is 1.15 bits per heavy atom. The number of rotatable bonds is 4. The maximum absolute atomic E-state index is 4.60. The zero-order chi connectivity index (χ0) is 17.3. The van der Waals surface area contributed by atoms with Gasteiger partial charge in [0.25, 0.3) is 0 Å². The van der Waals surface area contributed by atoms with Crippen LogP contribution in [0.1, 0.15) is 35.7 Å². The molecular weight excluding hydrogens is 344 g/mol. The van der Waals surface area contributed by atoms with Gasteiger partial charge in [-0.1, -0.05) is 12.1 Å². The topological polar surface area (TPSA) is 68.5 Å². The largest absolute Gasteiger partial charge is 0.306 e. The van der Waals surface area contributed by atoms with Crippen molar-refractivity contribution in [1.82, 2.24) is 28.8 Å². The molecule has 4 aromatic rings. The Labute approximate surface area is 155 Å². The molecule has 3 heterocycles. The van der Waals surface area contributed by atoms with Crippen molar-refractivity contribution in [1.29, 1.82) is 0 Å². The van der Waals surface area contributed by atoms with Gasteiger partial charge in [0, 0.05) is 24.3 Å². The summed E-state index contributed by atoms with van der Waals surface area (Å²) < 4.78 is 10.6. The lowest BCUT2D eigenvalue weighted by atomic mass is 9.92. The molecule has 3 aromatic heterocycles. The summed E-state index contributed by atoms with van der Waals surface area (Å²) in [7, 11) is 0. The second-order valence-corrected chi connectivity index (χ2v) is 7.09. The summed E-state index contributed by atoms with van der Waals surface area (Å²) in [6.45, 7) is 0.812. The smallest absolute Gasteiger partial charge is 0.153 e. The average Bonchev–Trinajstić information content (AvgIpc) is 3.33. The fourth-order valence-electron chi connectivity index (χ4n) is 3.62. The molecule has 1 unspecified atom stereocenters. The van der Waals surface area contributed by atoms with E-state index in [1.54, 1.807) is 0 Å². The highest BCUT2D eigenvalue weighted by atomic mass is 32.1. The SMILES string of the molecule is c1ccc(-n2ncc3c2CCCC3NCc2ccc3nsnc3c2)nc1. The first kappa shape index (κ1) is 15.6. The van der Waals surface area contributed by atoms with Crippen LogP contribution in [0.3, 0.4) is 0 Å². The van der Waals surface area contributed by atoms with Gasteiger partial charge in [-0.05, 0) is 49.1 Å². The Balaban J connectivity index is 1.37. The lowest BCUT2D eigenvalue weighted by Gasteiger charge is -2.24. The molecule has 0 radical (unpaired) electrons. The third kappa shape index (κ3) is 2.79. The normalized spacial score (nSPS) is 16.7. The van der Waals surface area contributed by atoms with E-state index >= 15 is 0 Å². The number of nitrogens with zero attached hydrogens (tertiary/aromatic N) is 5. The Bertz CT molecular complexity index is 1040. The molecule has 5 rings (SSSR count). The highest BCUT2D eigenvalue weighted by Gasteiger charge is 2.24. The van der Waals surface area contributed by atoms with Crippen LogP contribution in [-0.4, -0.2) is 23.5 Å². The molecule has 1 N–H and O–H groups in total. The van der Waals surface area contributed by atoms with Crippen LogP contribution in [0.25, 0.3) is 16.9 Å². The molecule has 1 aliphatic carbocycles. The number of fused-ring (bicyclic) bond motifs is 2. The number of pyridine rings is 1. The first-order valence-electron chi connectivity index (χ1n) is 8.81. The van der Waals surface area contributed by atoms with E-state index in [0.29, 0.717) is 6.04 Å². The molecule has 26 heavy (non-hydrogen) atoms. The Hall–Kier alpha value is -2.64. The van der Waals surface area contributed by atoms with E-state index in [1.165, 1.54) is 28.5 Å². The second kappa shape index (κ2) is 6.59. The van der Waals surface area contributed by atoms with Crippen LogP contribution in [0.15, 0.2) is 48.8 Å². The van der Waals surface area contributed by atoms with Gasteiger partial charge in [-0.15, -0.1) is 0 Å². The molecule has 6 nitrogen and oxygen atoms in total. The summed E-state index contributed by atoms with van der Waals surface area (Å²) in [4.78, 5) is 4.44. The molecule has 0 saturated carbocycles. The van der Waals surface area contributed by atoms with Crippen molar-refractivity contribution in [2.24, 2.45) is 0 Å². The van der Waals surface area contributed by atoms with Gasteiger partial charge in [-0.25, -0.2) is 9.67 Å². The molecule has 1 aliphatic rings. The predicted molar refractivity (Wildman–Crippen MR) is 101 cm³/mol. The molecule has 7 heteroatoms. The van der Waals surface area contributed by atoms with E-state index in [2.05, 4.69) is 36.3 Å². The minimum atomic E-state index is 0.320. The summed E-state index contributed by atoms with van der Waals surface area (Å²) in [5.74, 6) is 0.885. The van der Waals surface area contributed by atoms with Gasteiger partial charge < -0.3 is 5.32 Å². The maximum atomic E-state index is 4.60. The van der Waals surface area contributed by atoms with Gasteiger partial charge in [0.15, 0.2) is 5.82 Å². The van der Waals surface area contributed by atoms with Gasteiger partial charge >= 0.3 is 0 Å². The van der Waals surface area contributed by atoms with Crippen LogP contribution in [0.4, 0.5) is 0 Å². The van der Waals surface area contributed by atoms with Crippen molar-refractivity contribution in [3.8, 4) is 5.82 Å². The van der Waals surface area contributed by atoms with Crippen LogP contribution in [-0.2, 0) is 13.0 Å². The monoisotopic (exact) mass is 362 g/mol. The van der Waals surface area contributed by atoms with Gasteiger partial charge in [-0.2, -0.15) is 13.8 Å². The summed E-state index contributed by atoms with van der Waals surface area (Å²) >= 11 is 1.26.